The number of imidazole rings is 2. The van der Waals surface area contributed by atoms with Gasteiger partial charge in [0, 0.05) is 0 Å². The van der Waals surface area contributed by atoms with E-state index in [4.69, 9.17) is 10.5 Å². The number of hydrogen-bond donors (Lipinski definition) is 3. The number of para-hydroxylation sites is 3. The number of nitrogens with zero attached hydrogens (tertiary/aromatic N) is 3. The minimum atomic E-state index is -0.879. The van der Waals surface area contributed by atoms with Crippen molar-refractivity contribution in [2.75, 3.05) is 12.0 Å². The van der Waals surface area contributed by atoms with Crippen LogP contribution in [0.4, 0.5) is 16.0 Å². The number of primary amides is 1. The van der Waals surface area contributed by atoms with Crippen molar-refractivity contribution in [2.45, 2.75) is 0 Å². The number of ether oxygens (including phenoxy) is 1. The fourth-order valence-corrected chi connectivity index (χ4v) is 2.98. The van der Waals surface area contributed by atoms with Crippen LogP contribution in [0.3, 0.4) is 0 Å². The van der Waals surface area contributed by atoms with Gasteiger partial charge in [-0.25, -0.2) is 19.3 Å². The van der Waals surface area contributed by atoms with Crippen LogP contribution in [0.2, 0.25) is 0 Å². The lowest BCUT2D eigenvalue weighted by Gasteiger charge is -2.22. The van der Waals surface area contributed by atoms with Crippen LogP contribution in [0, 0.1) is 5.82 Å². The second kappa shape index (κ2) is 7.08. The molecule has 4 aromatic rings. The number of hydrogen-bond acceptors (Lipinski definition) is 5. The molecule has 0 saturated heterocycles. The van der Waals surface area contributed by atoms with Crippen LogP contribution in [0.1, 0.15) is 21.0 Å². The number of benzene rings is 2. The number of fused-ring (bicyclic) bond motifs is 1. The van der Waals surface area contributed by atoms with E-state index in [1.807, 2.05) is 0 Å². The van der Waals surface area contributed by atoms with Crippen LogP contribution in [-0.2, 0) is 0 Å². The molecule has 0 unspecified atom stereocenters. The quantitative estimate of drug-likeness (QED) is 0.479. The fourth-order valence-electron chi connectivity index (χ4n) is 2.98. The summed E-state index contributed by atoms with van der Waals surface area (Å²) in [6, 6.07) is 11.2. The van der Waals surface area contributed by atoms with Gasteiger partial charge < -0.3 is 20.4 Å². The molecule has 146 valence electrons. The van der Waals surface area contributed by atoms with Crippen molar-refractivity contribution >= 4 is 34.5 Å². The van der Waals surface area contributed by atoms with Crippen LogP contribution >= 0.6 is 0 Å². The Morgan fingerprint density at radius 2 is 1.97 bits per heavy atom. The van der Waals surface area contributed by atoms with E-state index in [0.717, 1.165) is 11.2 Å². The second-order valence-electron chi connectivity index (χ2n) is 6.00. The van der Waals surface area contributed by atoms with Gasteiger partial charge in [0.15, 0.2) is 11.5 Å². The zero-order valence-corrected chi connectivity index (χ0v) is 15.1. The monoisotopic (exact) mass is 394 g/mol. The molecule has 2 aromatic heterocycles. The molecule has 0 spiro atoms. The molecule has 0 saturated carbocycles. The molecule has 2 aromatic carbocycles. The largest absolute Gasteiger partial charge is 0.494 e. The van der Waals surface area contributed by atoms with E-state index in [9.17, 15) is 14.0 Å². The zero-order chi connectivity index (χ0) is 20.5. The van der Waals surface area contributed by atoms with Gasteiger partial charge in [-0.1, -0.05) is 18.2 Å². The molecule has 10 heteroatoms. The molecule has 0 radical (unpaired) electrons. The zero-order valence-electron chi connectivity index (χ0n) is 15.1. The maximum atomic E-state index is 14.9. The van der Waals surface area contributed by atoms with Crippen molar-refractivity contribution < 1.29 is 18.7 Å². The van der Waals surface area contributed by atoms with E-state index in [0.29, 0.717) is 11.0 Å². The maximum Gasteiger partial charge on any atom is 0.286 e. The number of H-pyrrole nitrogens is 2. The van der Waals surface area contributed by atoms with E-state index >= 15 is 0 Å². The van der Waals surface area contributed by atoms with Gasteiger partial charge >= 0.3 is 0 Å². The number of nitrogens with two attached hydrogens (primary N) is 1. The van der Waals surface area contributed by atoms with Gasteiger partial charge in [-0.05, 0) is 24.3 Å². The lowest BCUT2D eigenvalue weighted by atomic mass is 10.2. The summed E-state index contributed by atoms with van der Waals surface area (Å²) < 4.78 is 20.1. The fraction of sp³-hybridized carbons (Fsp3) is 0.0526. The Morgan fingerprint density at radius 1 is 1.17 bits per heavy atom. The molecular formula is C19H15FN6O3. The molecule has 4 rings (SSSR count). The summed E-state index contributed by atoms with van der Waals surface area (Å²) in [6.07, 6.45) is 1.16. The van der Waals surface area contributed by atoms with Crippen molar-refractivity contribution in [1.29, 1.82) is 0 Å². The topological polar surface area (TPSA) is 130 Å². The van der Waals surface area contributed by atoms with Crippen LogP contribution in [0.15, 0.2) is 48.8 Å². The average molecular weight is 394 g/mol. The predicted octanol–water partition coefficient (Wildman–Crippen LogP) is 2.51. The van der Waals surface area contributed by atoms with Gasteiger partial charge in [0.1, 0.15) is 17.1 Å². The third-order valence-electron chi connectivity index (χ3n) is 4.27. The standard InChI is InChI=1S/C19H15FN6O3/c1-29-13-8-4-5-10(20)16(13)26(18(28)15-14(17(21)27)22-9-23-15)19-24-11-6-2-3-7-12(11)25-19/h2-9H,1H3,(H2,21,27)(H,22,23)(H,24,25). The maximum absolute atomic E-state index is 14.9. The highest BCUT2D eigenvalue weighted by Gasteiger charge is 2.32. The Hall–Kier alpha value is -4.21. The smallest absolute Gasteiger partial charge is 0.286 e. The molecule has 0 aliphatic carbocycles. The second-order valence-corrected chi connectivity index (χ2v) is 6.00. The molecule has 2 amide bonds. The summed E-state index contributed by atoms with van der Waals surface area (Å²) in [5, 5.41) is 0. The first-order valence-electron chi connectivity index (χ1n) is 8.46. The molecule has 29 heavy (non-hydrogen) atoms. The molecular weight excluding hydrogens is 379 g/mol. The minimum Gasteiger partial charge on any atom is -0.494 e. The van der Waals surface area contributed by atoms with Crippen molar-refractivity contribution in [3.8, 4) is 5.75 Å². The molecule has 2 heterocycles. The SMILES string of the molecule is COc1cccc(F)c1N(C(=O)c1nc[nH]c1C(N)=O)c1nc2ccccc2[nH]1. The number of amides is 2. The highest BCUT2D eigenvalue weighted by Crippen LogP contribution is 2.37. The van der Waals surface area contributed by atoms with Gasteiger partial charge in [-0.15, -0.1) is 0 Å². The van der Waals surface area contributed by atoms with Gasteiger partial charge in [0.25, 0.3) is 11.8 Å². The molecule has 0 fully saturated rings. The van der Waals surface area contributed by atoms with Crippen LogP contribution < -0.4 is 15.4 Å². The Labute approximate surface area is 163 Å². The van der Waals surface area contributed by atoms with Crippen LogP contribution in [0.25, 0.3) is 11.0 Å². The molecule has 0 atom stereocenters. The molecule has 0 bridgehead atoms. The summed E-state index contributed by atoms with van der Waals surface area (Å²) in [5.41, 5.74) is 5.85. The number of rotatable bonds is 5. The third-order valence-corrected chi connectivity index (χ3v) is 4.27. The molecule has 9 nitrogen and oxygen atoms in total. The van der Waals surface area contributed by atoms with Crippen molar-refractivity contribution in [3.05, 3.63) is 66.0 Å². The summed E-state index contributed by atoms with van der Waals surface area (Å²) >= 11 is 0. The Morgan fingerprint density at radius 3 is 2.69 bits per heavy atom. The van der Waals surface area contributed by atoms with Gasteiger partial charge in [0.05, 0.1) is 24.5 Å². The summed E-state index contributed by atoms with van der Waals surface area (Å²) in [4.78, 5) is 39.8. The molecule has 0 aliphatic heterocycles. The Kier molecular flexibility index (Phi) is 4.43. The van der Waals surface area contributed by atoms with Crippen LogP contribution in [0.5, 0.6) is 5.75 Å². The third kappa shape index (κ3) is 3.06. The van der Waals surface area contributed by atoms with Gasteiger partial charge in [0.2, 0.25) is 5.95 Å². The number of anilines is 2. The lowest BCUT2D eigenvalue weighted by Crippen LogP contribution is -2.31. The number of aromatic amines is 2. The highest BCUT2D eigenvalue weighted by atomic mass is 19.1. The first-order chi connectivity index (χ1) is 14.0. The number of halogens is 1. The van der Waals surface area contributed by atoms with Crippen molar-refractivity contribution in [2.24, 2.45) is 5.73 Å². The number of carbonyl (C=O) groups excluding carboxylic acids is 2. The lowest BCUT2D eigenvalue weighted by molar-refractivity contribution is 0.0960. The van der Waals surface area contributed by atoms with Crippen molar-refractivity contribution in [3.63, 3.8) is 0 Å². The summed E-state index contributed by atoms with van der Waals surface area (Å²) in [5.74, 6) is -2.30. The summed E-state index contributed by atoms with van der Waals surface area (Å²) in [6.45, 7) is 0. The average Bonchev–Trinajstić information content (AvgIpc) is 3.36. The highest BCUT2D eigenvalue weighted by molar-refractivity contribution is 6.14. The number of carbonyl (C=O) groups is 2. The molecule has 0 aliphatic rings. The van der Waals surface area contributed by atoms with Crippen molar-refractivity contribution in [1.82, 2.24) is 19.9 Å². The van der Waals surface area contributed by atoms with E-state index in [2.05, 4.69) is 19.9 Å². The number of aromatic nitrogens is 4. The first-order valence-corrected chi connectivity index (χ1v) is 8.46. The number of nitrogens with one attached hydrogen (secondary N) is 2. The van der Waals surface area contributed by atoms with E-state index in [-0.39, 0.29) is 28.8 Å². The van der Waals surface area contributed by atoms with E-state index in [1.165, 1.54) is 25.3 Å². The minimum absolute atomic E-state index is 0.0259. The Bertz CT molecular complexity index is 1200. The Balaban J connectivity index is 1.96. The number of methoxy groups -OCH3 is 1. The predicted molar refractivity (Wildman–Crippen MR) is 103 cm³/mol. The van der Waals surface area contributed by atoms with Gasteiger partial charge in [-0.2, -0.15) is 0 Å². The molecule has 4 N–H and O–H groups in total. The van der Waals surface area contributed by atoms with E-state index in [1.54, 1.807) is 24.3 Å². The van der Waals surface area contributed by atoms with E-state index < -0.39 is 17.6 Å². The van der Waals surface area contributed by atoms with Gasteiger partial charge in [-0.3, -0.25) is 9.59 Å². The summed E-state index contributed by atoms with van der Waals surface area (Å²) in [7, 11) is 1.35. The first kappa shape index (κ1) is 18.2. The normalized spacial score (nSPS) is 10.8. The van der Waals surface area contributed by atoms with Crippen LogP contribution in [-0.4, -0.2) is 38.9 Å².